The molecule has 0 spiro atoms. The molecule has 0 aliphatic rings. The maximum atomic E-state index is 13.5. The molecule has 2 N–H and O–H groups in total. The number of hydrogen-bond acceptors (Lipinski definition) is 6. The van der Waals surface area contributed by atoms with Crippen LogP contribution in [0.3, 0.4) is 0 Å². The highest BCUT2D eigenvalue weighted by atomic mass is 19.4. The molecule has 1 aromatic carbocycles. The van der Waals surface area contributed by atoms with Crippen molar-refractivity contribution in [3.8, 4) is 5.75 Å². The molecule has 0 aliphatic carbocycles. The maximum Gasteiger partial charge on any atom is 0.423 e. The van der Waals surface area contributed by atoms with Crippen molar-refractivity contribution in [3.63, 3.8) is 0 Å². The van der Waals surface area contributed by atoms with E-state index in [4.69, 9.17) is 14.6 Å². The van der Waals surface area contributed by atoms with Gasteiger partial charge in [0.1, 0.15) is 11.3 Å². The number of carbonyl (C=O) groups is 1. The molecule has 0 bridgehead atoms. The Balaban J connectivity index is 2.12. The third-order valence-corrected chi connectivity index (χ3v) is 4.17. The lowest BCUT2D eigenvalue weighted by atomic mass is 10.2. The zero-order chi connectivity index (χ0) is 22.3. The van der Waals surface area contributed by atoms with Gasteiger partial charge in [-0.3, -0.25) is 4.79 Å². The van der Waals surface area contributed by atoms with Gasteiger partial charge in [-0.05, 0) is 31.0 Å². The highest BCUT2D eigenvalue weighted by molar-refractivity contribution is 5.71. The maximum absolute atomic E-state index is 13.5. The van der Waals surface area contributed by atoms with E-state index >= 15 is 0 Å². The third-order valence-electron chi connectivity index (χ3n) is 4.17. The summed E-state index contributed by atoms with van der Waals surface area (Å²) in [6.45, 7) is 1.29. The van der Waals surface area contributed by atoms with Crippen LogP contribution in [0.15, 0.2) is 35.3 Å². The summed E-state index contributed by atoms with van der Waals surface area (Å²) in [6, 6.07) is 6.53. The molecule has 0 amide bonds. The van der Waals surface area contributed by atoms with Crippen molar-refractivity contribution in [1.82, 2.24) is 9.78 Å². The first-order chi connectivity index (χ1) is 14.1. The van der Waals surface area contributed by atoms with Crippen molar-refractivity contribution >= 4 is 11.7 Å². The van der Waals surface area contributed by atoms with E-state index in [-0.39, 0.29) is 26.1 Å². The number of ether oxygens (including phenoxy) is 2. The summed E-state index contributed by atoms with van der Waals surface area (Å²) < 4.78 is 51.3. The molecule has 11 heteroatoms. The van der Waals surface area contributed by atoms with Crippen molar-refractivity contribution in [3.05, 3.63) is 51.9 Å². The number of anilines is 1. The molecule has 1 aromatic heterocycles. The van der Waals surface area contributed by atoms with E-state index in [1.54, 1.807) is 24.3 Å². The molecule has 0 fully saturated rings. The van der Waals surface area contributed by atoms with E-state index < -0.39 is 35.1 Å². The molecule has 0 saturated heterocycles. The Morgan fingerprint density at radius 1 is 1.30 bits per heavy atom. The first kappa shape index (κ1) is 23.2. The van der Waals surface area contributed by atoms with Crippen LogP contribution in [0.25, 0.3) is 0 Å². The van der Waals surface area contributed by atoms with Gasteiger partial charge in [0.05, 0.1) is 25.5 Å². The molecule has 8 nitrogen and oxygen atoms in total. The van der Waals surface area contributed by atoms with Crippen LogP contribution < -0.4 is 15.6 Å². The molecule has 0 aliphatic heterocycles. The molecule has 164 valence electrons. The zero-order valence-corrected chi connectivity index (χ0v) is 16.4. The molecular formula is C19H22F3N3O5. The van der Waals surface area contributed by atoms with Crippen LogP contribution in [0, 0.1) is 0 Å². The molecule has 30 heavy (non-hydrogen) atoms. The predicted molar refractivity (Wildman–Crippen MR) is 102 cm³/mol. The fourth-order valence-corrected chi connectivity index (χ4v) is 2.54. The van der Waals surface area contributed by atoms with Gasteiger partial charge in [0.25, 0.3) is 5.56 Å². The van der Waals surface area contributed by atoms with Gasteiger partial charge in [0, 0.05) is 13.2 Å². The quantitative estimate of drug-likeness (QED) is 0.560. The Kier molecular flexibility index (Phi) is 7.81. The smallest absolute Gasteiger partial charge is 0.423 e. The Labute approximate surface area is 170 Å². The van der Waals surface area contributed by atoms with E-state index in [0.29, 0.717) is 11.3 Å². The summed E-state index contributed by atoms with van der Waals surface area (Å²) in [6.07, 6.45) is -4.70. The standard InChI is InChI=1S/C19H22F3N3O5/c1-12(18(27)28)30-9-3-8-23-15-10-24-25(17(26)16(15)19(20,21)22)11-13-4-6-14(29-2)7-5-13/h4-7,10,12,23H,3,8-9,11H2,1-2H3,(H,27,28). The highest BCUT2D eigenvalue weighted by Gasteiger charge is 2.38. The summed E-state index contributed by atoms with van der Waals surface area (Å²) in [7, 11) is 1.49. The number of alkyl halides is 3. The molecule has 1 unspecified atom stereocenters. The second kappa shape index (κ2) is 10.1. The fraction of sp³-hybridized carbons (Fsp3) is 0.421. The lowest BCUT2D eigenvalue weighted by Crippen LogP contribution is -2.32. The highest BCUT2D eigenvalue weighted by Crippen LogP contribution is 2.31. The summed E-state index contributed by atoms with van der Waals surface area (Å²) >= 11 is 0. The number of carboxylic acids is 1. The average molecular weight is 429 g/mol. The fourth-order valence-electron chi connectivity index (χ4n) is 2.54. The van der Waals surface area contributed by atoms with Crippen LogP contribution in [0.5, 0.6) is 5.75 Å². The van der Waals surface area contributed by atoms with E-state index in [2.05, 4.69) is 10.4 Å². The summed E-state index contributed by atoms with van der Waals surface area (Å²) in [5.41, 5.74) is -2.46. The number of nitrogens with one attached hydrogen (secondary N) is 1. The van der Waals surface area contributed by atoms with Crippen molar-refractivity contribution in [2.75, 3.05) is 25.6 Å². The van der Waals surface area contributed by atoms with Crippen LogP contribution in [0.2, 0.25) is 0 Å². The number of carboxylic acid groups (broad SMARTS) is 1. The Bertz CT molecular complexity index is 913. The van der Waals surface area contributed by atoms with Crippen molar-refractivity contribution in [2.24, 2.45) is 0 Å². The molecule has 0 radical (unpaired) electrons. The van der Waals surface area contributed by atoms with E-state index in [9.17, 15) is 22.8 Å². The molecule has 0 saturated carbocycles. The number of benzene rings is 1. The Morgan fingerprint density at radius 3 is 2.53 bits per heavy atom. The normalized spacial score (nSPS) is 12.4. The number of methoxy groups -OCH3 is 1. The van der Waals surface area contributed by atoms with Gasteiger partial charge in [0.15, 0.2) is 6.10 Å². The average Bonchev–Trinajstić information content (AvgIpc) is 2.69. The van der Waals surface area contributed by atoms with Crippen LogP contribution in [0.1, 0.15) is 24.5 Å². The van der Waals surface area contributed by atoms with Crippen molar-refractivity contribution in [1.29, 1.82) is 0 Å². The molecule has 1 heterocycles. The van der Waals surface area contributed by atoms with Gasteiger partial charge >= 0.3 is 12.1 Å². The first-order valence-electron chi connectivity index (χ1n) is 9.02. The lowest BCUT2D eigenvalue weighted by Gasteiger charge is -2.16. The van der Waals surface area contributed by atoms with Gasteiger partial charge in [-0.1, -0.05) is 12.1 Å². The molecular weight excluding hydrogens is 407 g/mol. The summed E-state index contributed by atoms with van der Waals surface area (Å²) in [4.78, 5) is 23.1. The topological polar surface area (TPSA) is 103 Å². The minimum Gasteiger partial charge on any atom is -0.497 e. The number of halogens is 3. The lowest BCUT2D eigenvalue weighted by molar-refractivity contribution is -0.149. The SMILES string of the molecule is COc1ccc(Cn2ncc(NCCCOC(C)C(=O)O)c(C(F)(F)F)c2=O)cc1. The number of aromatic nitrogens is 2. The minimum atomic E-state index is -4.88. The second-order valence-electron chi connectivity index (χ2n) is 6.37. The number of aliphatic carboxylic acids is 1. The minimum absolute atomic E-state index is 0.0315. The van der Waals surface area contributed by atoms with Crippen molar-refractivity contribution in [2.45, 2.75) is 32.2 Å². The summed E-state index contributed by atoms with van der Waals surface area (Å²) in [5, 5.41) is 15.1. The zero-order valence-electron chi connectivity index (χ0n) is 16.4. The summed E-state index contributed by atoms with van der Waals surface area (Å²) in [5.74, 6) is -0.553. The number of hydrogen-bond donors (Lipinski definition) is 2. The molecule has 2 aromatic rings. The van der Waals surface area contributed by atoms with E-state index in [1.807, 2.05) is 0 Å². The number of rotatable bonds is 10. The molecule has 1 atom stereocenters. The van der Waals surface area contributed by atoms with Gasteiger partial charge in [-0.25, -0.2) is 9.48 Å². The number of nitrogens with zero attached hydrogens (tertiary/aromatic N) is 2. The Hall–Kier alpha value is -3.08. The molecule has 2 rings (SSSR count). The monoisotopic (exact) mass is 429 g/mol. The van der Waals surface area contributed by atoms with Gasteiger partial charge < -0.3 is 19.9 Å². The predicted octanol–water partition coefficient (Wildman–Crippen LogP) is 2.61. The van der Waals surface area contributed by atoms with Gasteiger partial charge in [-0.15, -0.1) is 0 Å². The van der Waals surface area contributed by atoms with E-state index in [0.717, 1.165) is 10.9 Å². The first-order valence-corrected chi connectivity index (χ1v) is 9.02. The second-order valence-corrected chi connectivity index (χ2v) is 6.37. The van der Waals surface area contributed by atoms with E-state index in [1.165, 1.54) is 14.0 Å². The Morgan fingerprint density at radius 2 is 1.97 bits per heavy atom. The third kappa shape index (κ3) is 6.21. The van der Waals surface area contributed by atoms with Crippen LogP contribution in [0.4, 0.5) is 18.9 Å². The van der Waals surface area contributed by atoms with Gasteiger partial charge in [-0.2, -0.15) is 18.3 Å². The largest absolute Gasteiger partial charge is 0.497 e. The van der Waals surface area contributed by atoms with Crippen LogP contribution in [-0.2, 0) is 22.3 Å². The van der Waals surface area contributed by atoms with Crippen LogP contribution in [-0.4, -0.2) is 47.2 Å². The van der Waals surface area contributed by atoms with Gasteiger partial charge in [0.2, 0.25) is 0 Å². The van der Waals surface area contributed by atoms with Crippen LogP contribution >= 0.6 is 0 Å². The van der Waals surface area contributed by atoms with Crippen molar-refractivity contribution < 1.29 is 32.5 Å².